The molecule has 0 amide bonds. The van der Waals surface area contributed by atoms with Crippen LogP contribution in [0.25, 0.3) is 0 Å². The second-order valence-electron chi connectivity index (χ2n) is 20.6. The van der Waals surface area contributed by atoms with E-state index in [0.717, 1.165) is 148 Å². The summed E-state index contributed by atoms with van der Waals surface area (Å²) in [6, 6.07) is 0. The molecule has 0 spiro atoms. The molecule has 0 aliphatic heterocycles. The minimum Gasteiger partial charge on any atom is -0.462 e. The highest BCUT2D eigenvalue weighted by Gasteiger charge is 2.19. The van der Waals surface area contributed by atoms with Crippen LogP contribution in [0, 0.1) is 0 Å². The topological polar surface area (TPSA) is 78.9 Å². The molecule has 0 aromatic heterocycles. The first-order valence-electron chi connectivity index (χ1n) is 31.5. The number of allylic oxidation sites excluding steroid dienone is 20. The lowest BCUT2D eigenvalue weighted by atomic mass is 10.0. The molecule has 0 bridgehead atoms. The van der Waals surface area contributed by atoms with Gasteiger partial charge < -0.3 is 14.2 Å². The van der Waals surface area contributed by atoms with Crippen LogP contribution in [0.3, 0.4) is 0 Å². The van der Waals surface area contributed by atoms with Crippen LogP contribution in [0.2, 0.25) is 0 Å². The summed E-state index contributed by atoms with van der Waals surface area (Å²) in [5, 5.41) is 0. The molecule has 6 heteroatoms. The van der Waals surface area contributed by atoms with Crippen molar-refractivity contribution in [1.29, 1.82) is 0 Å². The zero-order valence-corrected chi connectivity index (χ0v) is 49.5. The van der Waals surface area contributed by atoms with Crippen molar-refractivity contribution in [2.75, 3.05) is 13.2 Å². The van der Waals surface area contributed by atoms with E-state index in [1.165, 1.54) is 96.3 Å². The van der Waals surface area contributed by atoms with Crippen molar-refractivity contribution < 1.29 is 28.6 Å². The average molecular weight is 1050 g/mol. The number of hydrogen-bond donors (Lipinski definition) is 0. The normalized spacial score (nSPS) is 12.9. The molecular weight excluding hydrogens is 937 g/mol. The fourth-order valence-electron chi connectivity index (χ4n) is 8.50. The van der Waals surface area contributed by atoms with Crippen molar-refractivity contribution in [1.82, 2.24) is 0 Å². The van der Waals surface area contributed by atoms with Crippen molar-refractivity contribution in [3.05, 3.63) is 122 Å². The molecule has 0 aliphatic carbocycles. The zero-order chi connectivity index (χ0) is 55.0. The summed E-state index contributed by atoms with van der Waals surface area (Å²) in [5.74, 6) is -0.906. The molecule has 0 fully saturated rings. The average Bonchev–Trinajstić information content (AvgIpc) is 3.42. The van der Waals surface area contributed by atoms with Crippen LogP contribution in [0.4, 0.5) is 0 Å². The van der Waals surface area contributed by atoms with Gasteiger partial charge in [-0.3, -0.25) is 14.4 Å². The third-order valence-corrected chi connectivity index (χ3v) is 13.2. The number of hydrogen-bond acceptors (Lipinski definition) is 6. The molecule has 76 heavy (non-hydrogen) atoms. The second kappa shape index (κ2) is 63.3. The van der Waals surface area contributed by atoms with E-state index < -0.39 is 6.10 Å². The molecule has 1 atom stereocenters. The van der Waals surface area contributed by atoms with E-state index in [1.54, 1.807) is 0 Å². The highest BCUT2D eigenvalue weighted by molar-refractivity contribution is 5.71. The van der Waals surface area contributed by atoms with Crippen LogP contribution in [0.1, 0.15) is 284 Å². The Morgan fingerprint density at radius 3 is 0.855 bits per heavy atom. The Bertz CT molecular complexity index is 1590. The van der Waals surface area contributed by atoms with Gasteiger partial charge in [-0.25, -0.2) is 0 Å². The van der Waals surface area contributed by atoms with Gasteiger partial charge in [0.2, 0.25) is 0 Å². The Labute approximate surface area is 469 Å². The molecule has 0 heterocycles. The first kappa shape index (κ1) is 71.8. The van der Waals surface area contributed by atoms with E-state index in [0.29, 0.717) is 19.3 Å². The quantitative estimate of drug-likeness (QED) is 0.0261. The van der Waals surface area contributed by atoms with Gasteiger partial charge in [-0.05, 0) is 109 Å². The van der Waals surface area contributed by atoms with Gasteiger partial charge >= 0.3 is 17.9 Å². The van der Waals surface area contributed by atoms with Gasteiger partial charge in [0.1, 0.15) is 13.2 Å². The van der Waals surface area contributed by atoms with Crippen molar-refractivity contribution >= 4 is 17.9 Å². The summed E-state index contributed by atoms with van der Waals surface area (Å²) >= 11 is 0. The number of carbonyl (C=O) groups excluding carboxylic acids is 3. The highest BCUT2D eigenvalue weighted by atomic mass is 16.6. The van der Waals surface area contributed by atoms with Crippen LogP contribution >= 0.6 is 0 Å². The molecule has 0 N–H and O–H groups in total. The Morgan fingerprint density at radius 2 is 0.539 bits per heavy atom. The third-order valence-electron chi connectivity index (χ3n) is 13.2. The maximum absolute atomic E-state index is 12.8. The molecule has 0 radical (unpaired) electrons. The monoisotopic (exact) mass is 1050 g/mol. The van der Waals surface area contributed by atoms with Crippen LogP contribution in [-0.2, 0) is 28.6 Å². The predicted molar refractivity (Wildman–Crippen MR) is 330 cm³/mol. The molecule has 0 aliphatic rings. The van der Waals surface area contributed by atoms with E-state index in [2.05, 4.69) is 142 Å². The Balaban J connectivity index is 4.23. The zero-order valence-electron chi connectivity index (χ0n) is 49.5. The van der Waals surface area contributed by atoms with Gasteiger partial charge in [0.05, 0.1) is 0 Å². The van der Waals surface area contributed by atoms with Crippen molar-refractivity contribution in [2.45, 2.75) is 290 Å². The Morgan fingerprint density at radius 1 is 0.276 bits per heavy atom. The summed E-state index contributed by atoms with van der Waals surface area (Å²) in [7, 11) is 0. The minimum atomic E-state index is -0.789. The van der Waals surface area contributed by atoms with Crippen molar-refractivity contribution in [3.8, 4) is 0 Å². The first-order chi connectivity index (χ1) is 37.5. The first-order valence-corrected chi connectivity index (χ1v) is 31.5. The number of rotatable bonds is 56. The van der Waals surface area contributed by atoms with Crippen LogP contribution in [0.15, 0.2) is 122 Å². The molecular formula is C70H116O6. The van der Waals surface area contributed by atoms with E-state index in [1.807, 2.05) is 0 Å². The molecule has 0 aromatic rings. The molecule has 0 aromatic carbocycles. The summed E-state index contributed by atoms with van der Waals surface area (Å²) in [6.07, 6.45) is 87.8. The van der Waals surface area contributed by atoms with Crippen LogP contribution in [0.5, 0.6) is 0 Å². The SMILES string of the molecule is CC/C=C\C/C=C\C/C=C\C/C=C\C/C=C\C/C=C\C/C=C\C/C=C\CCCCCCCCCCC(=O)OCC(COC(=O)CCCCCCCCCCCCCC)OC(=O)CCCCCCC/C=C\C/C=C\CCC. The standard InChI is InChI=1S/C70H116O6/c1-4-7-10-13-16-19-22-25-26-27-28-29-30-31-32-33-34-35-36-37-38-39-40-41-42-43-44-46-48-51-54-57-60-63-69(72)75-66-67(65-74-68(71)62-59-56-53-50-47-24-21-18-15-12-9-6-3)76-70(73)64-61-58-55-52-49-45-23-20-17-14-11-8-5-2/h7,10-11,14,16,19-20,23,25-26,28-29,31-32,34-35,37-38,40-41,67H,4-6,8-9,12-13,15,17-18,21-22,24,27,30,33,36,39,42-66H2,1-3H3/b10-7-,14-11-,19-16-,23-20-,26-25-,29-28-,32-31-,35-34-,38-37-,41-40-. The second-order valence-corrected chi connectivity index (χ2v) is 20.6. The van der Waals surface area contributed by atoms with E-state index in [9.17, 15) is 14.4 Å². The van der Waals surface area contributed by atoms with Crippen LogP contribution in [-0.4, -0.2) is 37.2 Å². The van der Waals surface area contributed by atoms with Crippen LogP contribution < -0.4 is 0 Å². The van der Waals surface area contributed by atoms with Gasteiger partial charge in [0, 0.05) is 19.3 Å². The van der Waals surface area contributed by atoms with E-state index in [4.69, 9.17) is 14.2 Å². The molecule has 0 rings (SSSR count). The van der Waals surface area contributed by atoms with Crippen molar-refractivity contribution in [3.63, 3.8) is 0 Å². The lowest BCUT2D eigenvalue weighted by Crippen LogP contribution is -2.30. The number of unbranched alkanes of at least 4 members (excludes halogenated alkanes) is 25. The van der Waals surface area contributed by atoms with Crippen molar-refractivity contribution in [2.24, 2.45) is 0 Å². The van der Waals surface area contributed by atoms with Gasteiger partial charge in [0.25, 0.3) is 0 Å². The Hall–Kier alpha value is -4.19. The van der Waals surface area contributed by atoms with Gasteiger partial charge in [0.15, 0.2) is 6.10 Å². The molecule has 432 valence electrons. The number of ether oxygens (including phenoxy) is 3. The molecule has 0 saturated heterocycles. The predicted octanol–water partition coefficient (Wildman–Crippen LogP) is 21.6. The van der Waals surface area contributed by atoms with Gasteiger partial charge in [-0.2, -0.15) is 0 Å². The van der Waals surface area contributed by atoms with E-state index in [-0.39, 0.29) is 31.1 Å². The van der Waals surface area contributed by atoms with Gasteiger partial charge in [-0.1, -0.05) is 277 Å². The minimum absolute atomic E-state index is 0.0853. The summed E-state index contributed by atoms with van der Waals surface area (Å²) in [4.78, 5) is 38.2. The summed E-state index contributed by atoms with van der Waals surface area (Å²) < 4.78 is 16.9. The molecule has 0 saturated carbocycles. The maximum atomic E-state index is 12.8. The lowest BCUT2D eigenvalue weighted by Gasteiger charge is -2.18. The molecule has 6 nitrogen and oxygen atoms in total. The largest absolute Gasteiger partial charge is 0.462 e. The summed E-state index contributed by atoms with van der Waals surface area (Å²) in [6.45, 7) is 6.45. The van der Waals surface area contributed by atoms with E-state index >= 15 is 0 Å². The maximum Gasteiger partial charge on any atom is 0.306 e. The highest BCUT2D eigenvalue weighted by Crippen LogP contribution is 2.15. The third kappa shape index (κ3) is 60.7. The molecule has 1 unspecified atom stereocenters. The fraction of sp³-hybridized carbons (Fsp3) is 0.671. The smallest absolute Gasteiger partial charge is 0.306 e. The number of carbonyl (C=O) groups is 3. The van der Waals surface area contributed by atoms with Gasteiger partial charge in [-0.15, -0.1) is 0 Å². The number of esters is 3. The Kier molecular flexibility index (Phi) is 59.9. The fourth-order valence-corrected chi connectivity index (χ4v) is 8.50. The summed E-state index contributed by atoms with van der Waals surface area (Å²) in [5.41, 5.74) is 0. The lowest BCUT2D eigenvalue weighted by molar-refractivity contribution is -0.167.